The van der Waals surface area contributed by atoms with Crippen LogP contribution in [0.4, 0.5) is 13.2 Å². The van der Waals surface area contributed by atoms with Crippen molar-refractivity contribution in [2.75, 3.05) is 0 Å². The van der Waals surface area contributed by atoms with Crippen LogP contribution in [-0.4, -0.2) is 5.11 Å². The van der Waals surface area contributed by atoms with Crippen molar-refractivity contribution in [2.24, 2.45) is 0 Å². The summed E-state index contributed by atoms with van der Waals surface area (Å²) in [7, 11) is 0. The Balaban J connectivity index is 2.38. The first-order valence-electron chi connectivity index (χ1n) is 5.66. The number of rotatable bonds is 3. The van der Waals surface area contributed by atoms with E-state index in [-0.39, 0.29) is 22.0 Å². The lowest BCUT2D eigenvalue weighted by molar-refractivity contribution is 0.170. The van der Waals surface area contributed by atoms with E-state index in [0.29, 0.717) is 4.47 Å². The number of halogens is 5. The predicted octanol–water partition coefficient (Wildman–Crippen LogP) is 4.91. The highest BCUT2D eigenvalue weighted by molar-refractivity contribution is 9.10. The predicted molar refractivity (Wildman–Crippen MR) is 76.8 cm³/mol. The Bertz CT molecular complexity index is 626. The van der Waals surface area contributed by atoms with E-state index in [1.807, 2.05) is 0 Å². The molecular weight excluding hydrogens is 401 g/mol. The maximum Gasteiger partial charge on any atom is 0.143 e. The second-order valence-corrected chi connectivity index (χ2v) is 5.89. The molecule has 2 aromatic rings. The normalized spacial score (nSPS) is 12.5. The molecule has 2 rings (SSSR count). The van der Waals surface area contributed by atoms with Crippen LogP contribution in [0, 0.1) is 17.5 Å². The second kappa shape index (κ2) is 6.28. The van der Waals surface area contributed by atoms with Crippen LogP contribution in [0.1, 0.15) is 17.2 Å². The van der Waals surface area contributed by atoms with Crippen LogP contribution >= 0.6 is 31.9 Å². The van der Waals surface area contributed by atoms with E-state index < -0.39 is 23.6 Å². The third kappa shape index (κ3) is 3.07. The van der Waals surface area contributed by atoms with Crippen molar-refractivity contribution in [3.8, 4) is 0 Å². The Morgan fingerprint density at radius 3 is 2.30 bits per heavy atom. The van der Waals surface area contributed by atoms with Gasteiger partial charge >= 0.3 is 0 Å². The third-order valence-corrected chi connectivity index (χ3v) is 4.17. The van der Waals surface area contributed by atoms with Crippen molar-refractivity contribution < 1.29 is 18.3 Å². The van der Waals surface area contributed by atoms with Crippen LogP contribution in [0.25, 0.3) is 0 Å². The van der Waals surface area contributed by atoms with Crippen molar-refractivity contribution >= 4 is 31.9 Å². The van der Waals surface area contributed by atoms with Gasteiger partial charge in [0.05, 0.1) is 10.6 Å². The first kappa shape index (κ1) is 15.5. The standard InChI is InChI=1S/C14H9Br2F3O/c15-8-2-1-3-11(18)13(8)12(20)6-7-10(17)5-4-9(16)14(7)19/h1-5,12,20H,6H2. The van der Waals surface area contributed by atoms with E-state index in [1.54, 1.807) is 6.07 Å². The SMILES string of the molecule is OC(Cc1c(F)ccc(Br)c1F)c1c(F)cccc1Br. The second-order valence-electron chi connectivity index (χ2n) is 4.18. The maximum atomic E-state index is 13.8. The molecule has 0 heterocycles. The Labute approximate surface area is 130 Å². The highest BCUT2D eigenvalue weighted by atomic mass is 79.9. The molecule has 20 heavy (non-hydrogen) atoms. The summed E-state index contributed by atoms with van der Waals surface area (Å²) >= 11 is 6.06. The highest BCUT2D eigenvalue weighted by Gasteiger charge is 2.21. The van der Waals surface area contributed by atoms with Crippen LogP contribution in [0.3, 0.4) is 0 Å². The summed E-state index contributed by atoms with van der Waals surface area (Å²) < 4.78 is 41.6. The number of hydrogen-bond donors (Lipinski definition) is 1. The molecule has 0 saturated carbocycles. The number of benzene rings is 2. The van der Waals surface area contributed by atoms with Crippen LogP contribution in [0.2, 0.25) is 0 Å². The molecule has 106 valence electrons. The summed E-state index contributed by atoms with van der Waals surface area (Å²) in [6.07, 6.45) is -1.72. The number of hydrogen-bond acceptors (Lipinski definition) is 1. The summed E-state index contributed by atoms with van der Waals surface area (Å²) in [5.74, 6) is -2.21. The molecule has 0 aliphatic heterocycles. The quantitative estimate of drug-likeness (QED) is 0.714. The van der Waals surface area contributed by atoms with Gasteiger partial charge in [-0.05, 0) is 40.2 Å². The highest BCUT2D eigenvalue weighted by Crippen LogP contribution is 2.31. The molecule has 2 aromatic carbocycles. The molecule has 0 spiro atoms. The smallest absolute Gasteiger partial charge is 0.143 e. The zero-order valence-corrected chi connectivity index (χ0v) is 13.2. The molecule has 0 bridgehead atoms. The summed E-state index contributed by atoms with van der Waals surface area (Å²) in [6.45, 7) is 0. The van der Waals surface area contributed by atoms with E-state index in [9.17, 15) is 18.3 Å². The van der Waals surface area contributed by atoms with Crippen molar-refractivity contribution in [1.82, 2.24) is 0 Å². The van der Waals surface area contributed by atoms with E-state index in [4.69, 9.17) is 0 Å². The molecule has 6 heteroatoms. The fourth-order valence-corrected chi connectivity index (χ4v) is 2.86. The number of aliphatic hydroxyl groups is 1. The number of aliphatic hydroxyl groups excluding tert-OH is 1. The molecular formula is C14H9Br2F3O. The monoisotopic (exact) mass is 408 g/mol. The lowest BCUT2D eigenvalue weighted by Gasteiger charge is -2.15. The minimum Gasteiger partial charge on any atom is -0.388 e. The molecule has 0 aliphatic carbocycles. The molecule has 0 saturated heterocycles. The van der Waals surface area contributed by atoms with Gasteiger partial charge in [0, 0.05) is 22.0 Å². The van der Waals surface area contributed by atoms with Gasteiger partial charge in [-0.2, -0.15) is 0 Å². The van der Waals surface area contributed by atoms with Crippen molar-refractivity contribution in [3.05, 3.63) is 67.9 Å². The van der Waals surface area contributed by atoms with Gasteiger partial charge in [-0.3, -0.25) is 0 Å². The fourth-order valence-electron chi connectivity index (χ4n) is 1.88. The summed E-state index contributed by atoms with van der Waals surface area (Å²) in [4.78, 5) is 0. The minimum absolute atomic E-state index is 0.0220. The first-order valence-corrected chi connectivity index (χ1v) is 7.24. The lowest BCUT2D eigenvalue weighted by Crippen LogP contribution is -2.08. The van der Waals surface area contributed by atoms with Gasteiger partial charge in [-0.15, -0.1) is 0 Å². The lowest BCUT2D eigenvalue weighted by atomic mass is 10.00. The first-order chi connectivity index (χ1) is 9.41. The molecule has 0 aromatic heterocycles. The molecule has 0 radical (unpaired) electrons. The van der Waals surface area contributed by atoms with E-state index >= 15 is 0 Å². The van der Waals surface area contributed by atoms with Gasteiger partial charge in [0.1, 0.15) is 17.5 Å². The Hall–Kier alpha value is -0.850. The molecule has 1 nitrogen and oxygen atoms in total. The van der Waals surface area contributed by atoms with Crippen LogP contribution < -0.4 is 0 Å². The van der Waals surface area contributed by atoms with E-state index in [0.717, 1.165) is 6.07 Å². The molecule has 0 amide bonds. The summed E-state index contributed by atoms with van der Waals surface area (Å²) in [5, 5.41) is 10.1. The van der Waals surface area contributed by atoms with Gasteiger partial charge in [-0.1, -0.05) is 22.0 Å². The van der Waals surface area contributed by atoms with Gasteiger partial charge in [-0.25, -0.2) is 13.2 Å². The fraction of sp³-hybridized carbons (Fsp3) is 0.143. The molecule has 0 fully saturated rings. The summed E-state index contributed by atoms with van der Waals surface area (Å²) in [5.41, 5.74) is -0.312. The van der Waals surface area contributed by atoms with Crippen LogP contribution in [-0.2, 0) is 6.42 Å². The third-order valence-electron chi connectivity index (χ3n) is 2.87. The molecule has 0 aliphatic rings. The van der Waals surface area contributed by atoms with Crippen LogP contribution in [0.15, 0.2) is 39.3 Å². The topological polar surface area (TPSA) is 20.2 Å². The van der Waals surface area contributed by atoms with Crippen molar-refractivity contribution in [3.63, 3.8) is 0 Å². The van der Waals surface area contributed by atoms with E-state index in [2.05, 4.69) is 31.9 Å². The Morgan fingerprint density at radius 1 is 0.950 bits per heavy atom. The molecule has 1 unspecified atom stereocenters. The largest absolute Gasteiger partial charge is 0.388 e. The minimum atomic E-state index is -1.36. The zero-order valence-electron chi connectivity index (χ0n) is 10.0. The van der Waals surface area contributed by atoms with Gasteiger partial charge in [0.25, 0.3) is 0 Å². The summed E-state index contributed by atoms with van der Waals surface area (Å²) in [6, 6.07) is 6.52. The average molecular weight is 410 g/mol. The van der Waals surface area contributed by atoms with Gasteiger partial charge in [0.15, 0.2) is 0 Å². The van der Waals surface area contributed by atoms with Crippen LogP contribution in [0.5, 0.6) is 0 Å². The zero-order chi connectivity index (χ0) is 14.9. The Kier molecular flexibility index (Phi) is 4.88. The van der Waals surface area contributed by atoms with Gasteiger partial charge < -0.3 is 5.11 Å². The molecule has 1 N–H and O–H groups in total. The Morgan fingerprint density at radius 2 is 1.65 bits per heavy atom. The van der Waals surface area contributed by atoms with E-state index in [1.165, 1.54) is 18.2 Å². The van der Waals surface area contributed by atoms with Gasteiger partial charge in [0.2, 0.25) is 0 Å². The average Bonchev–Trinajstić information content (AvgIpc) is 2.39. The van der Waals surface area contributed by atoms with Crippen molar-refractivity contribution in [2.45, 2.75) is 12.5 Å². The van der Waals surface area contributed by atoms with Crippen molar-refractivity contribution in [1.29, 1.82) is 0 Å². The molecule has 1 atom stereocenters. The maximum absolute atomic E-state index is 13.8.